The molecular formula is C15H20O4. The second-order valence-corrected chi connectivity index (χ2v) is 4.39. The molecule has 0 aliphatic heterocycles. The normalized spacial score (nSPS) is 14.2. The molecule has 0 saturated heterocycles. The summed E-state index contributed by atoms with van der Waals surface area (Å²) in [5, 5.41) is 9.88. The number of hydrogen-bond acceptors (Lipinski definition) is 4. The smallest absolute Gasteiger partial charge is 0.330 e. The van der Waals surface area contributed by atoms with Gasteiger partial charge in [-0.1, -0.05) is 18.2 Å². The Morgan fingerprint density at radius 2 is 2.05 bits per heavy atom. The van der Waals surface area contributed by atoms with E-state index in [1.54, 1.807) is 20.1 Å². The summed E-state index contributed by atoms with van der Waals surface area (Å²) in [6.07, 6.45) is 2.30. The number of aliphatic hydroxyl groups is 1. The lowest BCUT2D eigenvalue weighted by molar-refractivity contribution is -0.134. The summed E-state index contributed by atoms with van der Waals surface area (Å²) in [6, 6.07) is 5.74. The number of methoxy groups -OCH3 is 2. The number of aryl methyl sites for hydroxylation is 1. The number of carbonyl (C=O) groups excluding carboxylic acids is 1. The van der Waals surface area contributed by atoms with Crippen LogP contribution in [0.25, 0.3) is 0 Å². The standard InChI is InChI=1S/C15H20O4/c1-10-5-6-13(14(9-10)18-3)12(11(2)16)7-8-15(17)19-4/h5-9,11-12,16H,1-4H3/b8-7+/t11-,12+/m1/s1. The number of rotatable bonds is 5. The van der Waals surface area contributed by atoms with Crippen LogP contribution in [0.4, 0.5) is 0 Å². The molecule has 0 fully saturated rings. The molecule has 19 heavy (non-hydrogen) atoms. The first-order chi connectivity index (χ1) is 8.99. The molecule has 0 heterocycles. The number of hydrogen-bond donors (Lipinski definition) is 1. The third-order valence-electron chi connectivity index (χ3n) is 2.91. The molecule has 4 nitrogen and oxygen atoms in total. The number of carbonyl (C=O) groups is 1. The van der Waals surface area contributed by atoms with Crippen LogP contribution in [-0.4, -0.2) is 31.4 Å². The predicted molar refractivity (Wildman–Crippen MR) is 73.3 cm³/mol. The maximum Gasteiger partial charge on any atom is 0.330 e. The largest absolute Gasteiger partial charge is 0.496 e. The highest BCUT2D eigenvalue weighted by Gasteiger charge is 2.19. The van der Waals surface area contributed by atoms with Crippen LogP contribution >= 0.6 is 0 Å². The molecule has 0 aliphatic rings. The van der Waals surface area contributed by atoms with Gasteiger partial charge < -0.3 is 14.6 Å². The highest BCUT2D eigenvalue weighted by atomic mass is 16.5. The summed E-state index contributed by atoms with van der Waals surface area (Å²) >= 11 is 0. The molecule has 1 N–H and O–H groups in total. The molecule has 1 aromatic carbocycles. The Hall–Kier alpha value is -1.81. The Kier molecular flexibility index (Phi) is 5.57. The molecule has 0 amide bonds. The summed E-state index contributed by atoms with van der Waals surface area (Å²) in [5.74, 6) is -0.0770. The van der Waals surface area contributed by atoms with Crippen LogP contribution in [0.2, 0.25) is 0 Å². The first kappa shape index (κ1) is 15.2. The van der Waals surface area contributed by atoms with E-state index in [0.29, 0.717) is 5.75 Å². The van der Waals surface area contributed by atoms with Crippen LogP contribution in [0.3, 0.4) is 0 Å². The number of benzene rings is 1. The van der Waals surface area contributed by atoms with Crippen molar-refractivity contribution in [3.8, 4) is 5.75 Å². The van der Waals surface area contributed by atoms with Crippen molar-refractivity contribution < 1.29 is 19.4 Å². The van der Waals surface area contributed by atoms with Crippen molar-refractivity contribution in [2.75, 3.05) is 14.2 Å². The molecule has 0 aromatic heterocycles. The van der Waals surface area contributed by atoms with Crippen molar-refractivity contribution >= 4 is 5.97 Å². The molecule has 0 unspecified atom stereocenters. The maximum absolute atomic E-state index is 11.2. The molecule has 4 heteroatoms. The average Bonchev–Trinajstić information content (AvgIpc) is 2.39. The quantitative estimate of drug-likeness (QED) is 0.654. The average molecular weight is 264 g/mol. The van der Waals surface area contributed by atoms with E-state index in [0.717, 1.165) is 11.1 Å². The molecular weight excluding hydrogens is 244 g/mol. The zero-order valence-corrected chi connectivity index (χ0v) is 11.7. The second kappa shape index (κ2) is 6.95. The Morgan fingerprint density at radius 3 is 2.58 bits per heavy atom. The second-order valence-electron chi connectivity index (χ2n) is 4.39. The van der Waals surface area contributed by atoms with E-state index < -0.39 is 12.1 Å². The molecule has 0 bridgehead atoms. The van der Waals surface area contributed by atoms with E-state index in [1.165, 1.54) is 13.2 Å². The molecule has 1 aromatic rings. The lowest BCUT2D eigenvalue weighted by Crippen LogP contribution is -2.14. The third-order valence-corrected chi connectivity index (χ3v) is 2.91. The Morgan fingerprint density at radius 1 is 1.37 bits per heavy atom. The van der Waals surface area contributed by atoms with Gasteiger partial charge in [-0.05, 0) is 25.5 Å². The number of esters is 1. The van der Waals surface area contributed by atoms with Crippen molar-refractivity contribution in [2.45, 2.75) is 25.9 Å². The minimum atomic E-state index is -0.641. The molecule has 2 atom stereocenters. The van der Waals surface area contributed by atoms with Gasteiger partial charge in [-0.15, -0.1) is 0 Å². The van der Waals surface area contributed by atoms with Crippen LogP contribution in [-0.2, 0) is 9.53 Å². The monoisotopic (exact) mass is 264 g/mol. The van der Waals surface area contributed by atoms with Crippen LogP contribution in [0, 0.1) is 6.92 Å². The van der Waals surface area contributed by atoms with Gasteiger partial charge in [0.05, 0.1) is 20.3 Å². The van der Waals surface area contributed by atoms with Gasteiger partial charge in [0.15, 0.2) is 0 Å². The van der Waals surface area contributed by atoms with Gasteiger partial charge in [0.25, 0.3) is 0 Å². The van der Waals surface area contributed by atoms with Gasteiger partial charge in [0.2, 0.25) is 0 Å². The van der Waals surface area contributed by atoms with Crippen molar-refractivity contribution in [1.82, 2.24) is 0 Å². The number of ether oxygens (including phenoxy) is 2. The lowest BCUT2D eigenvalue weighted by Gasteiger charge is -2.19. The zero-order chi connectivity index (χ0) is 14.4. The fourth-order valence-corrected chi connectivity index (χ4v) is 1.87. The minimum absolute atomic E-state index is 0.324. The van der Waals surface area contributed by atoms with Gasteiger partial charge in [0, 0.05) is 17.6 Å². The first-order valence-electron chi connectivity index (χ1n) is 6.08. The summed E-state index contributed by atoms with van der Waals surface area (Å²) in [5.41, 5.74) is 1.91. The van der Waals surface area contributed by atoms with Gasteiger partial charge in [-0.3, -0.25) is 0 Å². The highest BCUT2D eigenvalue weighted by Crippen LogP contribution is 2.31. The molecule has 104 valence electrons. The van der Waals surface area contributed by atoms with E-state index in [4.69, 9.17) is 4.74 Å². The van der Waals surface area contributed by atoms with E-state index in [9.17, 15) is 9.90 Å². The van der Waals surface area contributed by atoms with Gasteiger partial charge in [-0.25, -0.2) is 4.79 Å². The van der Waals surface area contributed by atoms with Crippen molar-refractivity contribution in [1.29, 1.82) is 0 Å². The van der Waals surface area contributed by atoms with Crippen LogP contribution < -0.4 is 4.74 Å². The van der Waals surface area contributed by atoms with E-state index in [-0.39, 0.29) is 5.92 Å². The van der Waals surface area contributed by atoms with E-state index in [2.05, 4.69) is 4.74 Å². The Bertz CT molecular complexity index is 463. The van der Waals surface area contributed by atoms with E-state index in [1.807, 2.05) is 25.1 Å². The highest BCUT2D eigenvalue weighted by molar-refractivity contribution is 5.82. The SMILES string of the molecule is COC(=O)/C=C/[C@H](c1ccc(C)cc1OC)[C@@H](C)O. The Balaban J connectivity index is 3.12. The van der Waals surface area contributed by atoms with Crippen molar-refractivity contribution in [2.24, 2.45) is 0 Å². The summed E-state index contributed by atoms with van der Waals surface area (Å²) < 4.78 is 9.88. The zero-order valence-electron chi connectivity index (χ0n) is 11.7. The third kappa shape index (κ3) is 4.10. The molecule has 0 spiro atoms. The fourth-order valence-electron chi connectivity index (χ4n) is 1.87. The molecule has 0 radical (unpaired) electrons. The van der Waals surface area contributed by atoms with Crippen LogP contribution in [0.5, 0.6) is 5.75 Å². The topological polar surface area (TPSA) is 55.8 Å². The predicted octanol–water partition coefficient (Wildman–Crippen LogP) is 2.20. The molecule has 0 saturated carbocycles. The van der Waals surface area contributed by atoms with Gasteiger partial charge in [-0.2, -0.15) is 0 Å². The summed E-state index contributed by atoms with van der Waals surface area (Å²) in [6.45, 7) is 3.64. The first-order valence-corrected chi connectivity index (χ1v) is 6.08. The van der Waals surface area contributed by atoms with Crippen molar-refractivity contribution in [3.05, 3.63) is 41.5 Å². The maximum atomic E-state index is 11.2. The number of aliphatic hydroxyl groups excluding tert-OH is 1. The minimum Gasteiger partial charge on any atom is -0.496 e. The summed E-state index contributed by atoms with van der Waals surface area (Å²) in [7, 11) is 2.90. The van der Waals surface area contributed by atoms with Gasteiger partial charge in [0.1, 0.15) is 5.75 Å². The Labute approximate surface area is 113 Å². The van der Waals surface area contributed by atoms with Gasteiger partial charge >= 0.3 is 5.97 Å². The lowest BCUT2D eigenvalue weighted by atomic mass is 9.92. The van der Waals surface area contributed by atoms with Crippen LogP contribution in [0.15, 0.2) is 30.4 Å². The van der Waals surface area contributed by atoms with E-state index >= 15 is 0 Å². The fraction of sp³-hybridized carbons (Fsp3) is 0.400. The molecule has 1 rings (SSSR count). The van der Waals surface area contributed by atoms with Crippen LogP contribution in [0.1, 0.15) is 24.0 Å². The summed E-state index contributed by atoms with van der Waals surface area (Å²) in [4.78, 5) is 11.2. The van der Waals surface area contributed by atoms with Crippen molar-refractivity contribution in [3.63, 3.8) is 0 Å². The molecule has 0 aliphatic carbocycles.